The van der Waals surface area contributed by atoms with Gasteiger partial charge in [0.2, 0.25) is 0 Å². The van der Waals surface area contributed by atoms with E-state index in [-0.39, 0.29) is 22.7 Å². The van der Waals surface area contributed by atoms with Gasteiger partial charge in [-0.05, 0) is 43.9 Å². The van der Waals surface area contributed by atoms with Gasteiger partial charge in [0.1, 0.15) is 5.82 Å². The molecule has 1 aliphatic rings. The normalized spacial score (nSPS) is 23.3. The summed E-state index contributed by atoms with van der Waals surface area (Å²) in [6.07, 6.45) is 4.25. The molecule has 0 aliphatic heterocycles. The molecule has 1 aromatic rings. The van der Waals surface area contributed by atoms with Gasteiger partial charge in [0.25, 0.3) is 0 Å². The number of hydrogen-bond donors (Lipinski definition) is 1. The molecule has 2 rings (SSSR count). The fourth-order valence-electron chi connectivity index (χ4n) is 2.33. The molecule has 1 saturated carbocycles. The van der Waals surface area contributed by atoms with Crippen molar-refractivity contribution in [2.45, 2.75) is 41.9 Å². The van der Waals surface area contributed by atoms with Crippen molar-refractivity contribution in [3.8, 4) is 0 Å². The summed E-state index contributed by atoms with van der Waals surface area (Å²) in [4.78, 5) is 11.3. The average molecular weight is 284 g/mol. The van der Waals surface area contributed by atoms with Gasteiger partial charge in [-0.2, -0.15) is 0 Å². The number of carboxylic acid groups (broad SMARTS) is 1. The Balaban J connectivity index is 2.09. The van der Waals surface area contributed by atoms with Gasteiger partial charge in [-0.3, -0.25) is 0 Å². The smallest absolute Gasteiger partial charge is 0.335 e. The van der Waals surface area contributed by atoms with E-state index in [9.17, 15) is 9.18 Å². The maximum atomic E-state index is 13.7. The highest BCUT2D eigenvalue weighted by Gasteiger charge is 2.23. The van der Waals surface area contributed by atoms with Crippen LogP contribution in [0, 0.1) is 5.82 Å². The van der Waals surface area contributed by atoms with E-state index in [4.69, 9.17) is 9.84 Å². The fourth-order valence-corrected chi connectivity index (χ4v) is 3.66. The van der Waals surface area contributed by atoms with E-state index in [0.29, 0.717) is 4.90 Å². The van der Waals surface area contributed by atoms with Crippen LogP contribution >= 0.6 is 11.8 Å². The van der Waals surface area contributed by atoms with Crippen molar-refractivity contribution in [1.29, 1.82) is 0 Å². The van der Waals surface area contributed by atoms with E-state index in [0.717, 1.165) is 25.7 Å². The molecule has 0 saturated heterocycles. The first-order chi connectivity index (χ1) is 9.10. The highest BCUT2D eigenvalue weighted by molar-refractivity contribution is 8.00. The van der Waals surface area contributed by atoms with Crippen LogP contribution in [0.25, 0.3) is 0 Å². The Bertz CT molecular complexity index is 464. The van der Waals surface area contributed by atoms with Crippen LogP contribution in [-0.2, 0) is 4.74 Å². The third-order valence-corrected chi connectivity index (χ3v) is 4.71. The van der Waals surface area contributed by atoms with Crippen molar-refractivity contribution in [2.24, 2.45) is 0 Å². The first kappa shape index (κ1) is 14.3. The molecule has 19 heavy (non-hydrogen) atoms. The molecule has 0 spiro atoms. The van der Waals surface area contributed by atoms with Crippen LogP contribution in [0.4, 0.5) is 4.39 Å². The second-order valence-electron chi connectivity index (χ2n) is 4.71. The Kier molecular flexibility index (Phi) is 4.82. The predicted octanol–water partition coefficient (Wildman–Crippen LogP) is 3.57. The van der Waals surface area contributed by atoms with Crippen LogP contribution in [-0.4, -0.2) is 29.5 Å². The number of carbonyl (C=O) groups is 1. The quantitative estimate of drug-likeness (QED) is 0.918. The van der Waals surface area contributed by atoms with Crippen molar-refractivity contribution in [3.63, 3.8) is 0 Å². The fraction of sp³-hybridized carbons (Fsp3) is 0.500. The highest BCUT2D eigenvalue weighted by atomic mass is 32.2. The van der Waals surface area contributed by atoms with Crippen molar-refractivity contribution in [1.82, 2.24) is 0 Å². The topological polar surface area (TPSA) is 46.5 Å². The molecule has 2 atom stereocenters. The van der Waals surface area contributed by atoms with E-state index in [1.165, 1.54) is 30.0 Å². The molecule has 0 bridgehead atoms. The first-order valence-electron chi connectivity index (χ1n) is 6.32. The van der Waals surface area contributed by atoms with Crippen LogP contribution in [0.15, 0.2) is 23.1 Å². The lowest BCUT2D eigenvalue weighted by atomic mass is 9.97. The summed E-state index contributed by atoms with van der Waals surface area (Å²) >= 11 is 1.42. The summed E-state index contributed by atoms with van der Waals surface area (Å²) in [6.45, 7) is 0. The number of thioether (sulfide) groups is 1. The van der Waals surface area contributed by atoms with Gasteiger partial charge in [-0.25, -0.2) is 9.18 Å². The molecule has 104 valence electrons. The third-order valence-electron chi connectivity index (χ3n) is 3.38. The zero-order valence-electron chi connectivity index (χ0n) is 10.8. The van der Waals surface area contributed by atoms with E-state index in [1.807, 2.05) is 0 Å². The molecule has 0 amide bonds. The molecule has 5 heteroatoms. The zero-order valence-corrected chi connectivity index (χ0v) is 11.6. The van der Waals surface area contributed by atoms with E-state index in [1.54, 1.807) is 7.11 Å². The van der Waals surface area contributed by atoms with Crippen LogP contribution < -0.4 is 0 Å². The van der Waals surface area contributed by atoms with Gasteiger partial charge >= 0.3 is 5.97 Å². The summed E-state index contributed by atoms with van der Waals surface area (Å²) in [6, 6.07) is 3.93. The second kappa shape index (κ2) is 6.39. The Morgan fingerprint density at radius 1 is 1.47 bits per heavy atom. The number of methoxy groups -OCH3 is 1. The van der Waals surface area contributed by atoms with Crippen molar-refractivity contribution < 1.29 is 19.0 Å². The Labute approximate surface area is 116 Å². The summed E-state index contributed by atoms with van der Waals surface area (Å²) < 4.78 is 19.1. The van der Waals surface area contributed by atoms with E-state index < -0.39 is 5.97 Å². The molecule has 1 aromatic carbocycles. The molecular formula is C14H17FO3S. The number of ether oxygens (including phenoxy) is 1. The molecule has 1 fully saturated rings. The van der Waals surface area contributed by atoms with Crippen LogP contribution in [0.5, 0.6) is 0 Å². The minimum absolute atomic E-state index is 0.128. The summed E-state index contributed by atoms with van der Waals surface area (Å²) in [7, 11) is 1.70. The molecule has 0 aromatic heterocycles. The van der Waals surface area contributed by atoms with Crippen LogP contribution in [0.2, 0.25) is 0 Å². The summed E-state index contributed by atoms with van der Waals surface area (Å²) in [5, 5.41) is 9.22. The standard InChI is InChI=1S/C14H17FO3S/c1-18-10-3-2-4-11(8-10)19-13-7-9(14(16)17)5-6-12(13)15/h5-7,10-11H,2-4,8H2,1H3,(H,16,17). The van der Waals surface area contributed by atoms with E-state index >= 15 is 0 Å². The third kappa shape index (κ3) is 3.70. The van der Waals surface area contributed by atoms with Crippen LogP contribution in [0.1, 0.15) is 36.0 Å². The monoisotopic (exact) mass is 284 g/mol. The van der Waals surface area contributed by atoms with Gasteiger partial charge in [-0.15, -0.1) is 11.8 Å². The average Bonchev–Trinajstić information content (AvgIpc) is 2.41. The predicted molar refractivity (Wildman–Crippen MR) is 72.3 cm³/mol. The van der Waals surface area contributed by atoms with Crippen LogP contribution in [0.3, 0.4) is 0 Å². The van der Waals surface area contributed by atoms with Gasteiger partial charge in [0.15, 0.2) is 0 Å². The van der Waals surface area contributed by atoms with Gasteiger partial charge in [-0.1, -0.05) is 0 Å². The molecular weight excluding hydrogens is 267 g/mol. The minimum Gasteiger partial charge on any atom is -0.478 e. The van der Waals surface area contributed by atoms with Crippen molar-refractivity contribution in [2.75, 3.05) is 7.11 Å². The number of aromatic carboxylic acids is 1. The summed E-state index contributed by atoms with van der Waals surface area (Å²) in [5.74, 6) is -1.38. The molecule has 1 N–H and O–H groups in total. The maximum absolute atomic E-state index is 13.7. The molecule has 3 nitrogen and oxygen atoms in total. The molecule has 2 unspecified atom stereocenters. The van der Waals surface area contributed by atoms with Gasteiger partial charge in [0.05, 0.1) is 11.7 Å². The first-order valence-corrected chi connectivity index (χ1v) is 7.20. The Morgan fingerprint density at radius 2 is 2.26 bits per heavy atom. The molecule has 0 radical (unpaired) electrons. The molecule has 0 heterocycles. The van der Waals surface area contributed by atoms with Gasteiger partial charge in [0, 0.05) is 17.3 Å². The lowest BCUT2D eigenvalue weighted by Crippen LogP contribution is -2.23. The van der Waals surface area contributed by atoms with Crippen molar-refractivity contribution in [3.05, 3.63) is 29.6 Å². The lowest BCUT2D eigenvalue weighted by Gasteiger charge is -2.27. The highest BCUT2D eigenvalue weighted by Crippen LogP contribution is 2.36. The SMILES string of the molecule is COC1CCCC(Sc2cc(C(=O)O)ccc2F)C1. The minimum atomic E-state index is -1.03. The number of carboxylic acids is 1. The Morgan fingerprint density at radius 3 is 2.95 bits per heavy atom. The number of benzene rings is 1. The maximum Gasteiger partial charge on any atom is 0.335 e. The largest absolute Gasteiger partial charge is 0.478 e. The van der Waals surface area contributed by atoms with Crippen molar-refractivity contribution >= 4 is 17.7 Å². The number of halogens is 1. The number of rotatable bonds is 4. The van der Waals surface area contributed by atoms with Gasteiger partial charge < -0.3 is 9.84 Å². The summed E-state index contributed by atoms with van der Waals surface area (Å²) in [5.41, 5.74) is 0.128. The number of hydrogen-bond acceptors (Lipinski definition) is 3. The molecule has 1 aliphatic carbocycles. The Hall–Kier alpha value is -1.07. The lowest BCUT2D eigenvalue weighted by molar-refractivity contribution is 0.0696. The zero-order chi connectivity index (χ0) is 13.8. The van der Waals surface area contributed by atoms with E-state index in [2.05, 4.69) is 0 Å². The second-order valence-corrected chi connectivity index (χ2v) is 6.06.